The molecule has 2 aliphatic rings. The van der Waals surface area contributed by atoms with E-state index < -0.39 is 0 Å². The number of rotatable bonds is 4. The van der Waals surface area contributed by atoms with E-state index in [1.54, 1.807) is 7.11 Å². The summed E-state index contributed by atoms with van der Waals surface area (Å²) in [4.78, 5) is 6.17. The van der Waals surface area contributed by atoms with Crippen molar-refractivity contribution < 1.29 is 9.47 Å². The Morgan fingerprint density at radius 2 is 1.94 bits per heavy atom. The summed E-state index contributed by atoms with van der Waals surface area (Å²) in [6.45, 7) is 2.48. The van der Waals surface area contributed by atoms with Crippen LogP contribution in [0.5, 0.6) is 11.5 Å². The lowest BCUT2D eigenvalue weighted by atomic mass is 9.85. The van der Waals surface area contributed by atoms with Gasteiger partial charge in [0, 0.05) is 35.7 Å². The lowest BCUT2D eigenvalue weighted by molar-refractivity contribution is 0.158. The number of nitrogens with zero attached hydrogens (tertiary/aromatic N) is 1. The zero-order valence-electron chi connectivity index (χ0n) is 18.0. The van der Waals surface area contributed by atoms with E-state index in [4.69, 9.17) is 21.1 Å². The first-order valence-corrected chi connectivity index (χ1v) is 11.5. The maximum absolute atomic E-state index is 6.59. The molecule has 0 bridgehead atoms. The smallest absolute Gasteiger partial charge is 0.161 e. The third kappa shape index (κ3) is 3.26. The van der Waals surface area contributed by atoms with Gasteiger partial charge in [-0.05, 0) is 59.4 Å². The summed E-state index contributed by atoms with van der Waals surface area (Å²) in [6, 6.07) is 21.0. The quantitative estimate of drug-likeness (QED) is 0.415. The van der Waals surface area contributed by atoms with Crippen LogP contribution in [-0.4, -0.2) is 23.5 Å². The summed E-state index contributed by atoms with van der Waals surface area (Å²) in [5.74, 6) is 1.61. The van der Waals surface area contributed by atoms with Gasteiger partial charge in [0.05, 0.1) is 12.1 Å². The fourth-order valence-corrected chi connectivity index (χ4v) is 5.57. The van der Waals surface area contributed by atoms with Crippen LogP contribution in [0.4, 0.5) is 0 Å². The Labute approximate surface area is 192 Å². The van der Waals surface area contributed by atoms with Gasteiger partial charge < -0.3 is 14.5 Å². The molecular weight excluding hydrogens is 420 g/mol. The van der Waals surface area contributed by atoms with Crippen LogP contribution in [0.3, 0.4) is 0 Å². The monoisotopic (exact) mass is 444 g/mol. The van der Waals surface area contributed by atoms with Crippen molar-refractivity contribution >= 4 is 22.5 Å². The lowest BCUT2D eigenvalue weighted by Gasteiger charge is -2.40. The molecule has 0 fully saturated rings. The van der Waals surface area contributed by atoms with E-state index in [-0.39, 0.29) is 0 Å². The van der Waals surface area contributed by atoms with Crippen LogP contribution in [0, 0.1) is 0 Å². The maximum Gasteiger partial charge on any atom is 0.161 e. The molecule has 2 aliphatic heterocycles. The Morgan fingerprint density at radius 3 is 2.78 bits per heavy atom. The van der Waals surface area contributed by atoms with Gasteiger partial charge in [0.2, 0.25) is 0 Å². The van der Waals surface area contributed by atoms with Gasteiger partial charge in [-0.25, -0.2) is 0 Å². The molecule has 4 aromatic rings. The van der Waals surface area contributed by atoms with E-state index >= 15 is 0 Å². The number of H-pyrrole nitrogens is 1. The Morgan fingerprint density at radius 1 is 1.06 bits per heavy atom. The fourth-order valence-electron chi connectivity index (χ4n) is 5.28. The Hall–Kier alpha value is -2.95. The zero-order chi connectivity index (χ0) is 21.7. The van der Waals surface area contributed by atoms with Crippen LogP contribution in [0.2, 0.25) is 5.02 Å². The zero-order valence-corrected chi connectivity index (χ0v) is 18.8. The standard InChI is InChI=1S/C27H25ClN2O2/c1-31-25-14-19-18(12-26(25)32-16-17-6-3-2-4-7-17)10-11-30-15-23-20(13-24(19)30)27-21(28)8-5-9-22(27)29-23/h2-9,12,14,24,29H,10-11,13,15-16H2,1H3. The van der Waals surface area contributed by atoms with Gasteiger partial charge in [-0.3, -0.25) is 4.90 Å². The number of hydrogen-bond acceptors (Lipinski definition) is 3. The molecule has 4 nitrogen and oxygen atoms in total. The first-order valence-electron chi connectivity index (χ1n) is 11.1. The second-order valence-electron chi connectivity index (χ2n) is 8.66. The van der Waals surface area contributed by atoms with Crippen molar-refractivity contribution in [3.63, 3.8) is 0 Å². The van der Waals surface area contributed by atoms with Gasteiger partial charge >= 0.3 is 0 Å². The molecule has 1 N–H and O–H groups in total. The normalized spacial score (nSPS) is 17.5. The minimum Gasteiger partial charge on any atom is -0.493 e. The largest absolute Gasteiger partial charge is 0.493 e. The highest BCUT2D eigenvalue weighted by atomic mass is 35.5. The molecule has 6 rings (SSSR count). The highest BCUT2D eigenvalue weighted by Crippen LogP contribution is 2.44. The maximum atomic E-state index is 6.59. The van der Waals surface area contributed by atoms with Gasteiger partial charge in [0.25, 0.3) is 0 Å². The van der Waals surface area contributed by atoms with Crippen molar-refractivity contribution in [3.8, 4) is 11.5 Å². The summed E-state index contributed by atoms with van der Waals surface area (Å²) in [7, 11) is 1.72. The number of ether oxygens (including phenoxy) is 2. The van der Waals surface area contributed by atoms with E-state index in [0.29, 0.717) is 12.6 Å². The molecule has 3 aromatic carbocycles. The minimum absolute atomic E-state index is 0.318. The van der Waals surface area contributed by atoms with Crippen LogP contribution in [0.25, 0.3) is 10.9 Å². The summed E-state index contributed by atoms with van der Waals surface area (Å²) in [5, 5.41) is 2.00. The Balaban J connectivity index is 1.35. The number of aromatic nitrogens is 1. The van der Waals surface area contributed by atoms with Crippen molar-refractivity contribution in [1.82, 2.24) is 9.88 Å². The fraction of sp³-hybridized carbons (Fsp3) is 0.259. The second-order valence-corrected chi connectivity index (χ2v) is 9.07. The van der Waals surface area contributed by atoms with Gasteiger partial charge in [-0.15, -0.1) is 0 Å². The molecule has 0 saturated heterocycles. The molecule has 1 unspecified atom stereocenters. The molecule has 1 atom stereocenters. The van der Waals surface area contributed by atoms with E-state index in [1.807, 2.05) is 30.3 Å². The molecule has 1 aromatic heterocycles. The summed E-state index contributed by atoms with van der Waals surface area (Å²) in [6.07, 6.45) is 1.95. The number of halogens is 1. The predicted molar refractivity (Wildman–Crippen MR) is 128 cm³/mol. The van der Waals surface area contributed by atoms with Crippen molar-refractivity contribution in [2.75, 3.05) is 13.7 Å². The molecule has 0 aliphatic carbocycles. The van der Waals surface area contributed by atoms with Crippen molar-refractivity contribution in [2.45, 2.75) is 32.0 Å². The summed E-state index contributed by atoms with van der Waals surface area (Å²) < 4.78 is 11.9. The highest BCUT2D eigenvalue weighted by molar-refractivity contribution is 6.35. The van der Waals surface area contributed by atoms with Crippen LogP contribution >= 0.6 is 11.6 Å². The lowest BCUT2D eigenvalue weighted by Crippen LogP contribution is -2.39. The number of fused-ring (bicyclic) bond motifs is 6. The van der Waals surface area contributed by atoms with Crippen molar-refractivity contribution in [3.05, 3.63) is 93.6 Å². The third-order valence-electron chi connectivity index (χ3n) is 6.85. The highest BCUT2D eigenvalue weighted by Gasteiger charge is 2.35. The summed E-state index contributed by atoms with van der Waals surface area (Å²) >= 11 is 6.59. The van der Waals surface area contributed by atoms with E-state index in [9.17, 15) is 0 Å². The summed E-state index contributed by atoms with van der Waals surface area (Å²) in [5.41, 5.74) is 7.61. The number of nitrogens with one attached hydrogen (secondary N) is 1. The predicted octanol–water partition coefficient (Wildman–Crippen LogP) is 6.06. The first-order chi connectivity index (χ1) is 15.7. The molecule has 0 saturated carbocycles. The van der Waals surface area contributed by atoms with Gasteiger partial charge in [-0.2, -0.15) is 0 Å². The van der Waals surface area contributed by atoms with Crippen LogP contribution < -0.4 is 9.47 Å². The molecule has 162 valence electrons. The number of methoxy groups -OCH3 is 1. The molecular formula is C27H25ClN2O2. The van der Waals surface area contributed by atoms with Gasteiger partial charge in [-0.1, -0.05) is 48.0 Å². The van der Waals surface area contributed by atoms with Crippen LogP contribution in [0.1, 0.15) is 34.0 Å². The van der Waals surface area contributed by atoms with Gasteiger partial charge in [0.1, 0.15) is 6.61 Å². The third-order valence-corrected chi connectivity index (χ3v) is 7.17. The Bertz CT molecular complexity index is 1300. The molecule has 3 heterocycles. The molecule has 32 heavy (non-hydrogen) atoms. The van der Waals surface area contributed by atoms with Crippen molar-refractivity contribution in [1.29, 1.82) is 0 Å². The average molecular weight is 445 g/mol. The molecule has 5 heteroatoms. The van der Waals surface area contributed by atoms with E-state index in [0.717, 1.165) is 53.5 Å². The van der Waals surface area contributed by atoms with Crippen LogP contribution in [0.15, 0.2) is 60.7 Å². The SMILES string of the molecule is COc1cc2c(cc1OCc1ccccc1)CCN1Cc3[nH]c4cccc(Cl)c4c3CC21. The number of benzene rings is 3. The average Bonchev–Trinajstić information content (AvgIpc) is 3.20. The van der Waals surface area contributed by atoms with E-state index in [1.165, 1.54) is 27.8 Å². The van der Waals surface area contributed by atoms with Crippen molar-refractivity contribution in [2.24, 2.45) is 0 Å². The minimum atomic E-state index is 0.318. The molecule has 0 radical (unpaired) electrons. The van der Waals surface area contributed by atoms with Crippen LogP contribution in [-0.2, 0) is 26.0 Å². The second kappa shape index (κ2) is 7.88. The topological polar surface area (TPSA) is 37.5 Å². The number of hydrogen-bond donors (Lipinski definition) is 1. The first kappa shape index (κ1) is 19.7. The van der Waals surface area contributed by atoms with E-state index in [2.05, 4.69) is 40.2 Å². The molecule has 0 spiro atoms. The van der Waals surface area contributed by atoms with Gasteiger partial charge in [0.15, 0.2) is 11.5 Å². The molecule has 0 amide bonds. The Kier molecular flexibility index (Phi) is 4.85. The number of aromatic amines is 1.